The highest BCUT2D eigenvalue weighted by molar-refractivity contribution is 14.1. The Morgan fingerprint density at radius 1 is 1.14 bits per heavy atom. The van der Waals surface area contributed by atoms with Crippen LogP contribution in [0.5, 0.6) is 0 Å². The number of hydrogen-bond acceptors (Lipinski definition) is 3. The van der Waals surface area contributed by atoms with E-state index in [1.807, 2.05) is 44.2 Å². The Labute approximate surface area is 183 Å². The molecule has 0 radical (unpaired) electrons. The van der Waals surface area contributed by atoms with Crippen LogP contribution in [0.3, 0.4) is 0 Å². The summed E-state index contributed by atoms with van der Waals surface area (Å²) in [5.74, 6) is -1.22. The van der Waals surface area contributed by atoms with Crippen molar-refractivity contribution in [1.82, 2.24) is 10.4 Å². The zero-order chi connectivity index (χ0) is 21.1. The number of benzene rings is 2. The second-order valence-corrected chi connectivity index (χ2v) is 8.59. The summed E-state index contributed by atoms with van der Waals surface area (Å²) in [5.41, 5.74) is 3.17. The molecule has 1 heterocycles. The van der Waals surface area contributed by atoms with E-state index in [2.05, 4.69) is 27.9 Å². The van der Waals surface area contributed by atoms with Gasteiger partial charge < -0.3 is 5.32 Å². The molecule has 29 heavy (non-hydrogen) atoms. The molecular formula is C22H24FIN2O3. The fraction of sp³-hybridized carbons (Fsp3) is 0.364. The van der Waals surface area contributed by atoms with Gasteiger partial charge in [0, 0.05) is 3.57 Å². The van der Waals surface area contributed by atoms with Crippen molar-refractivity contribution in [1.29, 1.82) is 0 Å². The molecule has 3 atom stereocenters. The van der Waals surface area contributed by atoms with Crippen LogP contribution in [0.2, 0.25) is 0 Å². The lowest BCUT2D eigenvalue weighted by Crippen LogP contribution is -2.60. The molecule has 0 spiro atoms. The zero-order valence-electron chi connectivity index (χ0n) is 16.6. The molecule has 7 heteroatoms. The molecule has 0 aliphatic carbocycles. The summed E-state index contributed by atoms with van der Waals surface area (Å²) in [4.78, 5) is 30.9. The monoisotopic (exact) mass is 510 g/mol. The Morgan fingerprint density at radius 2 is 1.76 bits per heavy atom. The molecular weight excluding hydrogens is 486 g/mol. The number of imide groups is 1. The van der Waals surface area contributed by atoms with Crippen LogP contribution >= 0.6 is 22.6 Å². The third kappa shape index (κ3) is 4.95. The summed E-state index contributed by atoms with van der Waals surface area (Å²) in [6.07, 6.45) is -1.09. The summed E-state index contributed by atoms with van der Waals surface area (Å²) in [5, 5.41) is 3.38. The first kappa shape index (κ1) is 21.7. The van der Waals surface area contributed by atoms with E-state index >= 15 is 4.39 Å². The van der Waals surface area contributed by atoms with Gasteiger partial charge in [-0.2, -0.15) is 0 Å². The highest BCUT2D eigenvalue weighted by Crippen LogP contribution is 2.32. The molecule has 1 saturated heterocycles. The van der Waals surface area contributed by atoms with Gasteiger partial charge in [-0.25, -0.2) is 9.18 Å². The van der Waals surface area contributed by atoms with E-state index in [1.165, 1.54) is 0 Å². The Kier molecular flexibility index (Phi) is 6.89. The third-order valence-corrected chi connectivity index (χ3v) is 5.74. The molecule has 2 aromatic rings. The first-order valence-corrected chi connectivity index (χ1v) is 10.6. The number of halogens is 2. The summed E-state index contributed by atoms with van der Waals surface area (Å²) in [6, 6.07) is 11.4. The number of alkyl halides is 1. The Hall–Kier alpha value is -2.00. The smallest absolute Gasteiger partial charge is 0.329 e. The number of amides is 3. The maximum Gasteiger partial charge on any atom is 0.349 e. The SMILES string of the molecule is CCC1C(=O)N(OCc2ccc(I)cc2)C(=O)NC1C(F)c1cc(C)cc(C)c1. The van der Waals surface area contributed by atoms with Crippen molar-refractivity contribution in [2.45, 2.75) is 46.0 Å². The lowest BCUT2D eigenvalue weighted by Gasteiger charge is -2.37. The number of carbonyl (C=O) groups excluding carboxylic acids is 2. The van der Waals surface area contributed by atoms with Crippen LogP contribution in [0.4, 0.5) is 9.18 Å². The fourth-order valence-electron chi connectivity index (χ4n) is 3.63. The van der Waals surface area contributed by atoms with E-state index in [1.54, 1.807) is 19.1 Å². The van der Waals surface area contributed by atoms with E-state index < -0.39 is 30.1 Å². The average molecular weight is 510 g/mol. The van der Waals surface area contributed by atoms with Crippen LogP contribution in [0.25, 0.3) is 0 Å². The van der Waals surface area contributed by atoms with E-state index in [0.717, 1.165) is 25.3 Å². The van der Waals surface area contributed by atoms with E-state index in [9.17, 15) is 9.59 Å². The number of hydroxylamine groups is 2. The topological polar surface area (TPSA) is 58.6 Å². The normalized spacial score (nSPS) is 20.5. The highest BCUT2D eigenvalue weighted by Gasteiger charge is 2.45. The lowest BCUT2D eigenvalue weighted by atomic mass is 9.87. The van der Waals surface area contributed by atoms with Gasteiger partial charge in [-0.3, -0.25) is 9.63 Å². The lowest BCUT2D eigenvalue weighted by molar-refractivity contribution is -0.183. The second kappa shape index (κ2) is 9.21. The Morgan fingerprint density at radius 3 is 2.34 bits per heavy atom. The minimum atomic E-state index is -1.48. The molecule has 1 N–H and O–H groups in total. The van der Waals surface area contributed by atoms with Gasteiger partial charge in [-0.1, -0.05) is 48.4 Å². The maximum atomic E-state index is 15.4. The Bertz CT molecular complexity index is 883. The molecule has 3 amide bonds. The van der Waals surface area contributed by atoms with Gasteiger partial charge in [0.15, 0.2) is 0 Å². The highest BCUT2D eigenvalue weighted by atomic mass is 127. The molecule has 1 aliphatic heterocycles. The van der Waals surface area contributed by atoms with Crippen LogP contribution in [0, 0.1) is 23.3 Å². The third-order valence-electron chi connectivity index (χ3n) is 5.02. The number of carbonyl (C=O) groups is 2. The van der Waals surface area contributed by atoms with Crippen LogP contribution in [-0.2, 0) is 16.2 Å². The van der Waals surface area contributed by atoms with Crippen molar-refractivity contribution >= 4 is 34.5 Å². The van der Waals surface area contributed by atoms with Gasteiger partial charge in [0.2, 0.25) is 0 Å². The molecule has 1 fully saturated rings. The van der Waals surface area contributed by atoms with Crippen molar-refractivity contribution in [2.75, 3.05) is 0 Å². The number of aryl methyl sites for hydroxylation is 2. The van der Waals surface area contributed by atoms with Gasteiger partial charge in [0.1, 0.15) is 12.8 Å². The number of nitrogens with zero attached hydrogens (tertiary/aromatic N) is 1. The fourth-order valence-corrected chi connectivity index (χ4v) is 3.99. The first-order chi connectivity index (χ1) is 13.8. The van der Waals surface area contributed by atoms with Gasteiger partial charge in [0.25, 0.3) is 5.91 Å². The van der Waals surface area contributed by atoms with Gasteiger partial charge in [-0.05, 0) is 66.1 Å². The zero-order valence-corrected chi connectivity index (χ0v) is 18.8. The van der Waals surface area contributed by atoms with Crippen LogP contribution in [0.15, 0.2) is 42.5 Å². The van der Waals surface area contributed by atoms with Crippen molar-refractivity contribution in [3.63, 3.8) is 0 Å². The molecule has 1 aliphatic rings. The number of hydrogen-bond donors (Lipinski definition) is 1. The van der Waals surface area contributed by atoms with E-state index in [-0.39, 0.29) is 6.61 Å². The van der Waals surface area contributed by atoms with Crippen molar-refractivity contribution in [3.05, 3.63) is 68.3 Å². The quantitative estimate of drug-likeness (QED) is 0.557. The van der Waals surface area contributed by atoms with E-state index in [0.29, 0.717) is 12.0 Å². The predicted octanol–water partition coefficient (Wildman–Crippen LogP) is 5.00. The molecule has 0 aromatic heterocycles. The summed E-state index contributed by atoms with van der Waals surface area (Å²) in [6.45, 7) is 5.67. The van der Waals surface area contributed by atoms with Crippen LogP contribution < -0.4 is 5.32 Å². The van der Waals surface area contributed by atoms with E-state index in [4.69, 9.17) is 4.84 Å². The van der Waals surface area contributed by atoms with Crippen LogP contribution in [-0.4, -0.2) is 23.0 Å². The molecule has 2 aromatic carbocycles. The van der Waals surface area contributed by atoms with Gasteiger partial charge in [-0.15, -0.1) is 5.06 Å². The Balaban J connectivity index is 1.75. The minimum absolute atomic E-state index is 0.0767. The number of nitrogens with one attached hydrogen (secondary N) is 1. The molecule has 0 bridgehead atoms. The first-order valence-electron chi connectivity index (χ1n) is 9.54. The van der Waals surface area contributed by atoms with Gasteiger partial charge in [0.05, 0.1) is 12.0 Å². The molecule has 154 valence electrons. The standard InChI is InChI=1S/C22H24FIN2O3/c1-4-18-20(19(23)16-10-13(2)9-14(3)11-16)25-22(28)26(21(18)27)29-12-15-5-7-17(24)8-6-15/h5-11,18-20H,4,12H2,1-3H3,(H,25,28). The largest absolute Gasteiger partial charge is 0.349 e. The molecule has 3 unspecified atom stereocenters. The van der Waals surface area contributed by atoms with Crippen molar-refractivity contribution < 1.29 is 18.8 Å². The molecule has 0 saturated carbocycles. The molecule has 3 rings (SSSR count). The number of urea groups is 1. The van der Waals surface area contributed by atoms with Gasteiger partial charge >= 0.3 is 6.03 Å². The van der Waals surface area contributed by atoms with Crippen molar-refractivity contribution in [2.24, 2.45) is 5.92 Å². The summed E-state index contributed by atoms with van der Waals surface area (Å²) < 4.78 is 16.4. The predicted molar refractivity (Wildman–Crippen MR) is 117 cm³/mol. The molecule has 5 nitrogen and oxygen atoms in total. The van der Waals surface area contributed by atoms with Crippen molar-refractivity contribution in [3.8, 4) is 0 Å². The minimum Gasteiger partial charge on any atom is -0.329 e. The number of rotatable bonds is 6. The second-order valence-electron chi connectivity index (χ2n) is 7.35. The maximum absolute atomic E-state index is 15.4. The summed E-state index contributed by atoms with van der Waals surface area (Å²) in [7, 11) is 0. The average Bonchev–Trinajstić information content (AvgIpc) is 2.67. The summed E-state index contributed by atoms with van der Waals surface area (Å²) >= 11 is 2.19. The van der Waals surface area contributed by atoms with Crippen LogP contribution in [0.1, 0.15) is 41.8 Å².